The third kappa shape index (κ3) is 3.69. The molecule has 2 aromatic carbocycles. The highest BCUT2D eigenvalue weighted by Crippen LogP contribution is 2.42. The van der Waals surface area contributed by atoms with E-state index in [2.05, 4.69) is 5.32 Å². The van der Waals surface area contributed by atoms with E-state index in [1.165, 1.54) is 7.11 Å². The minimum absolute atomic E-state index is 0.405. The van der Waals surface area contributed by atoms with Crippen LogP contribution in [0.3, 0.4) is 0 Å². The summed E-state index contributed by atoms with van der Waals surface area (Å²) >= 11 is 5.72. The third-order valence-electron chi connectivity index (χ3n) is 5.42. The van der Waals surface area contributed by atoms with Crippen molar-refractivity contribution in [2.24, 2.45) is 0 Å². The van der Waals surface area contributed by atoms with E-state index in [1.807, 2.05) is 37.3 Å². The Bertz CT molecular complexity index is 1100. The first-order valence-corrected chi connectivity index (χ1v) is 10.4. The number of methoxy groups -OCH3 is 3. The third-order valence-corrected chi connectivity index (χ3v) is 5.72. The van der Waals surface area contributed by atoms with E-state index in [4.69, 9.17) is 35.9 Å². The number of nitrogens with one attached hydrogen (secondary N) is 1. The average molecular weight is 457 g/mol. The van der Waals surface area contributed by atoms with Crippen LogP contribution in [0.1, 0.15) is 18.5 Å². The van der Waals surface area contributed by atoms with E-state index >= 15 is 0 Å². The second kappa shape index (κ2) is 8.96. The molecule has 2 aliphatic heterocycles. The van der Waals surface area contributed by atoms with Crippen LogP contribution in [0.5, 0.6) is 23.0 Å². The van der Waals surface area contributed by atoms with Crippen LogP contribution in [0.4, 0.5) is 5.69 Å². The molecule has 2 aromatic rings. The molecule has 4 rings (SSSR count). The molecule has 2 aliphatic rings. The number of allylic oxidation sites excluding steroid dienone is 1. The summed E-state index contributed by atoms with van der Waals surface area (Å²) in [4.78, 5) is 14.7. The van der Waals surface area contributed by atoms with Crippen molar-refractivity contribution in [3.63, 3.8) is 0 Å². The Labute approximate surface area is 191 Å². The van der Waals surface area contributed by atoms with E-state index in [0.29, 0.717) is 58.2 Å². The number of anilines is 1. The number of esters is 1. The highest BCUT2D eigenvalue weighted by Gasteiger charge is 2.37. The fourth-order valence-corrected chi connectivity index (χ4v) is 4.33. The predicted molar refractivity (Wildman–Crippen MR) is 123 cm³/mol. The molecule has 0 bridgehead atoms. The Morgan fingerprint density at radius 2 is 1.84 bits per heavy atom. The summed E-state index contributed by atoms with van der Waals surface area (Å²) in [5, 5.41) is 3.69. The van der Waals surface area contributed by atoms with Crippen LogP contribution in [0.15, 0.2) is 47.7 Å². The Balaban J connectivity index is 1.84. The van der Waals surface area contributed by atoms with Gasteiger partial charge >= 0.3 is 5.97 Å². The quantitative estimate of drug-likeness (QED) is 0.538. The van der Waals surface area contributed by atoms with Crippen LogP contribution in [0.2, 0.25) is 0 Å². The topological polar surface area (TPSA) is 78.5 Å². The van der Waals surface area contributed by atoms with E-state index < -0.39 is 12.0 Å². The zero-order valence-corrected chi connectivity index (χ0v) is 19.1. The number of fused-ring (bicyclic) bond motifs is 1. The maximum Gasteiger partial charge on any atom is 0.337 e. The standard InChI is InChI=1S/C23H24N2O6S/c1-13-19(22(26)29-4)20(15-6-5-7-17(27-2)21(15)28-3)24-23(32)25(13)14-8-9-16-18(12-14)31-11-10-30-16/h5-9,12,20H,10-11H2,1-4H3,(H,24,32)/t20-/m1/s1. The lowest BCUT2D eigenvalue weighted by Crippen LogP contribution is -2.48. The summed E-state index contributed by atoms with van der Waals surface area (Å²) < 4.78 is 27.5. The Morgan fingerprint density at radius 1 is 1.09 bits per heavy atom. The molecule has 2 heterocycles. The predicted octanol–water partition coefficient (Wildman–Crippen LogP) is 3.36. The van der Waals surface area contributed by atoms with Crippen LogP contribution < -0.4 is 29.2 Å². The minimum atomic E-state index is -0.589. The number of hydrogen-bond acceptors (Lipinski definition) is 7. The molecule has 0 saturated heterocycles. The highest BCUT2D eigenvalue weighted by molar-refractivity contribution is 7.80. The summed E-state index contributed by atoms with van der Waals surface area (Å²) in [6.45, 7) is 2.81. The molecule has 0 amide bonds. The Kier molecular flexibility index (Phi) is 6.09. The van der Waals surface area contributed by atoms with Crippen molar-refractivity contribution in [3.05, 3.63) is 53.2 Å². The average Bonchev–Trinajstić information content (AvgIpc) is 2.82. The van der Waals surface area contributed by atoms with Crippen molar-refractivity contribution in [1.82, 2.24) is 5.32 Å². The molecule has 0 aromatic heterocycles. The summed E-state index contributed by atoms with van der Waals surface area (Å²) in [7, 11) is 4.47. The lowest BCUT2D eigenvalue weighted by molar-refractivity contribution is -0.136. The summed E-state index contributed by atoms with van der Waals surface area (Å²) in [6.07, 6.45) is 0. The molecule has 32 heavy (non-hydrogen) atoms. The van der Waals surface area contributed by atoms with Crippen LogP contribution in [0.25, 0.3) is 0 Å². The van der Waals surface area contributed by atoms with Crippen molar-refractivity contribution < 1.29 is 28.5 Å². The van der Waals surface area contributed by atoms with Gasteiger partial charge in [-0.3, -0.25) is 4.90 Å². The smallest absolute Gasteiger partial charge is 0.337 e. The molecule has 1 atom stereocenters. The van der Waals surface area contributed by atoms with Gasteiger partial charge in [-0.05, 0) is 37.3 Å². The highest BCUT2D eigenvalue weighted by atomic mass is 32.1. The zero-order valence-electron chi connectivity index (χ0n) is 18.3. The van der Waals surface area contributed by atoms with Gasteiger partial charge in [0, 0.05) is 17.3 Å². The first kappa shape index (κ1) is 21.8. The van der Waals surface area contributed by atoms with Gasteiger partial charge in [-0.25, -0.2) is 4.79 Å². The normalized spacial score (nSPS) is 17.6. The number of para-hydroxylation sites is 1. The van der Waals surface area contributed by atoms with Gasteiger partial charge < -0.3 is 29.0 Å². The number of ether oxygens (including phenoxy) is 5. The van der Waals surface area contributed by atoms with Crippen molar-refractivity contribution in [2.45, 2.75) is 13.0 Å². The van der Waals surface area contributed by atoms with E-state index in [9.17, 15) is 4.79 Å². The van der Waals surface area contributed by atoms with Gasteiger partial charge in [0.25, 0.3) is 0 Å². The Hall–Kier alpha value is -3.46. The monoisotopic (exact) mass is 456 g/mol. The second-order valence-corrected chi connectivity index (χ2v) is 7.51. The maximum absolute atomic E-state index is 12.9. The van der Waals surface area contributed by atoms with E-state index in [0.717, 1.165) is 5.69 Å². The summed E-state index contributed by atoms with van der Waals surface area (Å²) in [5.74, 6) is 1.88. The van der Waals surface area contributed by atoms with Crippen molar-refractivity contribution in [1.29, 1.82) is 0 Å². The number of benzene rings is 2. The van der Waals surface area contributed by atoms with Gasteiger partial charge in [-0.15, -0.1) is 0 Å². The van der Waals surface area contributed by atoms with Gasteiger partial charge in [0.1, 0.15) is 13.2 Å². The van der Waals surface area contributed by atoms with E-state index in [1.54, 1.807) is 25.2 Å². The number of thiocarbonyl (C=S) groups is 1. The minimum Gasteiger partial charge on any atom is -0.493 e. The van der Waals surface area contributed by atoms with Gasteiger partial charge in [0.05, 0.1) is 38.6 Å². The second-order valence-electron chi connectivity index (χ2n) is 7.12. The molecule has 9 heteroatoms. The first-order chi connectivity index (χ1) is 15.5. The number of carbonyl (C=O) groups is 1. The number of carbonyl (C=O) groups excluding carboxylic acids is 1. The molecule has 8 nitrogen and oxygen atoms in total. The largest absolute Gasteiger partial charge is 0.493 e. The van der Waals surface area contributed by atoms with Crippen molar-refractivity contribution in [3.8, 4) is 23.0 Å². The van der Waals surface area contributed by atoms with Crippen molar-refractivity contribution in [2.75, 3.05) is 39.4 Å². The molecular weight excluding hydrogens is 432 g/mol. The van der Waals surface area contributed by atoms with Gasteiger partial charge in [-0.1, -0.05) is 12.1 Å². The van der Waals surface area contributed by atoms with Crippen LogP contribution in [-0.4, -0.2) is 45.6 Å². The number of nitrogens with zero attached hydrogens (tertiary/aromatic N) is 1. The van der Waals surface area contributed by atoms with Gasteiger partial charge in [0.15, 0.2) is 28.1 Å². The molecule has 0 unspecified atom stereocenters. The van der Waals surface area contributed by atoms with Gasteiger partial charge in [0.2, 0.25) is 0 Å². The fourth-order valence-electron chi connectivity index (χ4n) is 3.97. The molecule has 0 aliphatic carbocycles. The van der Waals surface area contributed by atoms with Gasteiger partial charge in [-0.2, -0.15) is 0 Å². The SMILES string of the molecule is COC(=O)C1=C(C)N(c2ccc3c(c2)OCCO3)C(=S)N[C@@H]1c1cccc(OC)c1OC. The first-order valence-electron chi connectivity index (χ1n) is 10.00. The lowest BCUT2D eigenvalue weighted by atomic mass is 9.93. The van der Waals surface area contributed by atoms with Crippen LogP contribution in [-0.2, 0) is 9.53 Å². The molecule has 0 fully saturated rings. The molecular formula is C23H24N2O6S. The van der Waals surface area contributed by atoms with Crippen LogP contribution in [0, 0.1) is 0 Å². The molecule has 1 N–H and O–H groups in total. The lowest BCUT2D eigenvalue weighted by Gasteiger charge is -2.38. The number of hydrogen-bond donors (Lipinski definition) is 1. The fraction of sp³-hybridized carbons (Fsp3) is 0.304. The number of rotatable bonds is 5. The van der Waals surface area contributed by atoms with Crippen molar-refractivity contribution >= 4 is 29.0 Å². The Morgan fingerprint density at radius 3 is 2.53 bits per heavy atom. The zero-order chi connectivity index (χ0) is 22.8. The molecule has 0 saturated carbocycles. The molecule has 168 valence electrons. The van der Waals surface area contributed by atoms with E-state index in [-0.39, 0.29) is 0 Å². The van der Waals surface area contributed by atoms with Crippen LogP contribution >= 0.6 is 12.2 Å². The molecule has 0 radical (unpaired) electrons. The maximum atomic E-state index is 12.9. The molecule has 0 spiro atoms. The summed E-state index contributed by atoms with van der Waals surface area (Å²) in [5.41, 5.74) is 2.48. The summed E-state index contributed by atoms with van der Waals surface area (Å²) in [6, 6.07) is 10.4.